The second-order valence-corrected chi connectivity index (χ2v) is 2.28. The van der Waals surface area contributed by atoms with E-state index in [1.54, 1.807) is 0 Å². The molecule has 0 aliphatic rings. The molecule has 0 saturated heterocycles. The maximum absolute atomic E-state index is 5.30. The van der Waals surface area contributed by atoms with Crippen LogP contribution in [0.2, 0.25) is 0 Å². The fourth-order valence-electron chi connectivity index (χ4n) is 0.693. The minimum absolute atomic E-state index is 0. The minimum Gasteiger partial charge on any atom is -0.367 e. The van der Waals surface area contributed by atoms with E-state index >= 15 is 0 Å². The van der Waals surface area contributed by atoms with Gasteiger partial charge in [-0.05, 0) is 19.1 Å². The van der Waals surface area contributed by atoms with Crippen molar-refractivity contribution in [1.82, 2.24) is 10.2 Å². The Morgan fingerprint density at radius 3 is 2.46 bits per heavy atom. The second-order valence-electron chi connectivity index (χ2n) is 2.28. The number of aromatic nitrogens is 2. The Bertz CT molecular complexity index is 214. The number of aryl methyl sites for hydroxylation is 1. The monoisotopic (exact) mass is 224 g/mol. The molecule has 0 aliphatic heterocycles. The van der Waals surface area contributed by atoms with Crippen LogP contribution in [0.25, 0.3) is 0 Å². The van der Waals surface area contributed by atoms with Crippen molar-refractivity contribution in [3.63, 3.8) is 0 Å². The average molecular weight is 225 g/mol. The van der Waals surface area contributed by atoms with E-state index in [-0.39, 0.29) is 24.8 Å². The summed E-state index contributed by atoms with van der Waals surface area (Å²) in [6.07, 6.45) is 0. The average Bonchev–Trinajstić information content (AvgIpc) is 2.04. The van der Waals surface area contributed by atoms with Crippen molar-refractivity contribution >= 4 is 30.6 Å². The molecule has 0 aromatic carbocycles. The molecule has 3 N–H and O–H groups in total. The topological polar surface area (TPSA) is 63.8 Å². The van der Waals surface area contributed by atoms with Gasteiger partial charge in [0.15, 0.2) is 0 Å². The van der Waals surface area contributed by atoms with Crippen LogP contribution >= 0.6 is 24.8 Å². The van der Waals surface area contributed by atoms with Crippen LogP contribution in [0.4, 0.5) is 5.82 Å². The maximum atomic E-state index is 5.30. The van der Waals surface area contributed by atoms with Crippen molar-refractivity contribution in [3.8, 4) is 0 Å². The lowest BCUT2D eigenvalue weighted by atomic mass is 10.4. The highest BCUT2D eigenvalue weighted by atomic mass is 35.5. The van der Waals surface area contributed by atoms with Gasteiger partial charge in [0.1, 0.15) is 5.82 Å². The van der Waals surface area contributed by atoms with Gasteiger partial charge in [0.05, 0.1) is 5.69 Å². The van der Waals surface area contributed by atoms with Gasteiger partial charge < -0.3 is 11.1 Å². The zero-order chi connectivity index (χ0) is 8.10. The van der Waals surface area contributed by atoms with Crippen molar-refractivity contribution in [1.29, 1.82) is 0 Å². The minimum atomic E-state index is 0. The van der Waals surface area contributed by atoms with Gasteiger partial charge in [-0.25, -0.2) is 0 Å². The van der Waals surface area contributed by atoms with E-state index in [1.807, 2.05) is 19.1 Å². The first kappa shape index (κ1) is 14.9. The van der Waals surface area contributed by atoms with Crippen molar-refractivity contribution in [3.05, 3.63) is 17.8 Å². The molecule has 1 rings (SSSR count). The summed E-state index contributed by atoms with van der Waals surface area (Å²) in [5.41, 5.74) is 6.22. The van der Waals surface area contributed by atoms with E-state index in [0.29, 0.717) is 6.54 Å². The summed E-state index contributed by atoms with van der Waals surface area (Å²) in [4.78, 5) is 0. The maximum Gasteiger partial charge on any atom is 0.148 e. The van der Waals surface area contributed by atoms with Gasteiger partial charge in [-0.1, -0.05) is 0 Å². The Labute approximate surface area is 90.1 Å². The normalized spacial score (nSPS) is 8.15. The first-order chi connectivity index (χ1) is 5.33. The van der Waals surface area contributed by atoms with Crippen LogP contribution in [0.1, 0.15) is 5.69 Å². The van der Waals surface area contributed by atoms with Crippen LogP contribution in [0.15, 0.2) is 12.1 Å². The van der Waals surface area contributed by atoms with Crippen molar-refractivity contribution in [2.45, 2.75) is 6.92 Å². The van der Waals surface area contributed by atoms with Gasteiger partial charge in [-0.15, -0.1) is 29.9 Å². The zero-order valence-electron chi connectivity index (χ0n) is 7.36. The number of halogens is 2. The largest absolute Gasteiger partial charge is 0.367 e. The number of anilines is 1. The van der Waals surface area contributed by atoms with Gasteiger partial charge in [0.25, 0.3) is 0 Å². The summed E-state index contributed by atoms with van der Waals surface area (Å²) in [5, 5.41) is 10.8. The molecule has 4 nitrogen and oxygen atoms in total. The lowest BCUT2D eigenvalue weighted by molar-refractivity contribution is 0.948. The number of nitrogens with zero attached hydrogens (tertiary/aromatic N) is 2. The highest BCUT2D eigenvalue weighted by molar-refractivity contribution is 5.85. The van der Waals surface area contributed by atoms with Crippen LogP contribution in [0, 0.1) is 6.92 Å². The molecule has 76 valence electrons. The molecule has 0 amide bonds. The predicted octanol–water partition coefficient (Wildman–Crippen LogP) is 0.999. The third-order valence-electron chi connectivity index (χ3n) is 1.25. The van der Waals surface area contributed by atoms with Crippen LogP contribution in [0.5, 0.6) is 0 Å². The lowest BCUT2D eigenvalue weighted by Gasteiger charge is -2.01. The van der Waals surface area contributed by atoms with E-state index in [2.05, 4.69) is 15.5 Å². The van der Waals surface area contributed by atoms with Crippen molar-refractivity contribution in [2.75, 3.05) is 18.4 Å². The number of hydrogen-bond donors (Lipinski definition) is 2. The third-order valence-corrected chi connectivity index (χ3v) is 1.25. The highest BCUT2D eigenvalue weighted by Gasteiger charge is 1.90. The Balaban J connectivity index is 0. The molecule has 0 fully saturated rings. The van der Waals surface area contributed by atoms with E-state index in [9.17, 15) is 0 Å². The SMILES string of the molecule is Cc1ccc(NCCN)nn1.Cl.Cl. The molecule has 0 atom stereocenters. The summed E-state index contributed by atoms with van der Waals surface area (Å²) < 4.78 is 0. The summed E-state index contributed by atoms with van der Waals surface area (Å²) in [6.45, 7) is 3.24. The zero-order valence-corrected chi connectivity index (χ0v) is 8.99. The molecule has 0 aliphatic carbocycles. The first-order valence-corrected chi connectivity index (χ1v) is 3.57. The fraction of sp³-hybridized carbons (Fsp3) is 0.429. The van der Waals surface area contributed by atoms with Gasteiger partial charge in [0, 0.05) is 13.1 Å². The molecule has 0 spiro atoms. The number of nitrogens with two attached hydrogens (primary N) is 1. The molecule has 13 heavy (non-hydrogen) atoms. The highest BCUT2D eigenvalue weighted by Crippen LogP contribution is 1.98. The summed E-state index contributed by atoms with van der Waals surface area (Å²) in [6, 6.07) is 3.80. The van der Waals surface area contributed by atoms with Crippen molar-refractivity contribution in [2.24, 2.45) is 5.73 Å². The van der Waals surface area contributed by atoms with E-state index in [4.69, 9.17) is 5.73 Å². The van der Waals surface area contributed by atoms with E-state index in [1.165, 1.54) is 0 Å². The second kappa shape index (κ2) is 8.04. The summed E-state index contributed by atoms with van der Waals surface area (Å²) >= 11 is 0. The van der Waals surface area contributed by atoms with Crippen molar-refractivity contribution < 1.29 is 0 Å². The molecule has 6 heteroatoms. The first-order valence-electron chi connectivity index (χ1n) is 3.57. The smallest absolute Gasteiger partial charge is 0.148 e. The molecular formula is C7H14Cl2N4. The van der Waals surface area contributed by atoms with E-state index in [0.717, 1.165) is 18.1 Å². The predicted molar refractivity (Wildman–Crippen MR) is 58.8 cm³/mol. The molecular weight excluding hydrogens is 211 g/mol. The molecule has 1 heterocycles. The molecule has 0 unspecified atom stereocenters. The van der Waals surface area contributed by atoms with Crippen LogP contribution in [0.3, 0.4) is 0 Å². The summed E-state index contributed by atoms with van der Waals surface area (Å²) in [5.74, 6) is 0.779. The third kappa shape index (κ3) is 5.63. The fourth-order valence-corrected chi connectivity index (χ4v) is 0.693. The van der Waals surface area contributed by atoms with Gasteiger partial charge in [-0.2, -0.15) is 5.10 Å². The molecule has 1 aromatic heterocycles. The van der Waals surface area contributed by atoms with Crippen LogP contribution in [-0.4, -0.2) is 23.3 Å². The molecule has 1 aromatic rings. The quantitative estimate of drug-likeness (QED) is 0.805. The Hall–Kier alpha value is -0.580. The lowest BCUT2D eigenvalue weighted by Crippen LogP contribution is -2.14. The van der Waals surface area contributed by atoms with Gasteiger partial charge in [0.2, 0.25) is 0 Å². The summed E-state index contributed by atoms with van der Waals surface area (Å²) in [7, 11) is 0. The molecule has 0 radical (unpaired) electrons. The standard InChI is InChI=1S/C7H12N4.2ClH/c1-6-2-3-7(11-10-6)9-5-4-8;;/h2-3H,4-5,8H2,1H3,(H,9,11);2*1H. The van der Waals surface area contributed by atoms with E-state index < -0.39 is 0 Å². The number of hydrogen-bond acceptors (Lipinski definition) is 4. The Morgan fingerprint density at radius 1 is 1.31 bits per heavy atom. The van der Waals surface area contributed by atoms with Gasteiger partial charge >= 0.3 is 0 Å². The molecule has 0 bridgehead atoms. The van der Waals surface area contributed by atoms with Crippen LogP contribution < -0.4 is 11.1 Å². The Morgan fingerprint density at radius 2 is 2.00 bits per heavy atom. The molecule has 0 saturated carbocycles. The Kier molecular flexibility index (Phi) is 9.22. The van der Waals surface area contributed by atoms with Gasteiger partial charge in [-0.3, -0.25) is 0 Å². The number of rotatable bonds is 3. The van der Waals surface area contributed by atoms with Crippen LogP contribution in [-0.2, 0) is 0 Å². The number of nitrogens with one attached hydrogen (secondary N) is 1.